The summed E-state index contributed by atoms with van der Waals surface area (Å²) in [6.45, 7) is 3.72. The van der Waals surface area contributed by atoms with Crippen LogP contribution in [0.3, 0.4) is 0 Å². The standard InChI is InChI=1S/C11H13ClO/c1-8(2)11(13)10(12)9-6-4-3-5-7-9/h3-8,10H,1-2H3. The summed E-state index contributed by atoms with van der Waals surface area (Å²) in [6.07, 6.45) is 0. The Morgan fingerprint density at radius 3 is 2.23 bits per heavy atom. The van der Waals surface area contributed by atoms with Gasteiger partial charge in [-0.3, -0.25) is 4.79 Å². The van der Waals surface area contributed by atoms with E-state index in [2.05, 4.69) is 0 Å². The van der Waals surface area contributed by atoms with Crippen molar-refractivity contribution in [3.8, 4) is 0 Å². The molecule has 1 atom stereocenters. The van der Waals surface area contributed by atoms with Crippen molar-refractivity contribution in [2.75, 3.05) is 0 Å². The molecule has 1 aromatic rings. The minimum Gasteiger partial charge on any atom is -0.297 e. The zero-order chi connectivity index (χ0) is 9.84. The van der Waals surface area contributed by atoms with Crippen molar-refractivity contribution in [3.63, 3.8) is 0 Å². The fourth-order valence-electron chi connectivity index (χ4n) is 1.08. The normalized spacial score (nSPS) is 12.9. The molecule has 0 saturated heterocycles. The average molecular weight is 197 g/mol. The molecule has 0 saturated carbocycles. The molecule has 13 heavy (non-hydrogen) atoms. The van der Waals surface area contributed by atoms with Crippen molar-refractivity contribution >= 4 is 17.4 Å². The van der Waals surface area contributed by atoms with Crippen LogP contribution in [-0.2, 0) is 4.79 Å². The second-order valence-corrected chi connectivity index (χ2v) is 3.77. The maximum absolute atomic E-state index is 11.5. The molecule has 0 fully saturated rings. The van der Waals surface area contributed by atoms with E-state index in [0.717, 1.165) is 5.56 Å². The molecular formula is C11H13ClO. The SMILES string of the molecule is CC(C)C(=O)C(Cl)c1ccccc1. The van der Waals surface area contributed by atoms with E-state index in [1.54, 1.807) is 0 Å². The monoisotopic (exact) mass is 196 g/mol. The van der Waals surface area contributed by atoms with Gasteiger partial charge in [0.15, 0.2) is 5.78 Å². The van der Waals surface area contributed by atoms with Crippen molar-refractivity contribution < 1.29 is 4.79 Å². The van der Waals surface area contributed by atoms with E-state index in [-0.39, 0.29) is 11.7 Å². The summed E-state index contributed by atoms with van der Waals surface area (Å²) in [5.41, 5.74) is 0.878. The van der Waals surface area contributed by atoms with Crippen molar-refractivity contribution in [3.05, 3.63) is 35.9 Å². The van der Waals surface area contributed by atoms with Gasteiger partial charge in [0, 0.05) is 5.92 Å². The van der Waals surface area contributed by atoms with Gasteiger partial charge in [0.25, 0.3) is 0 Å². The van der Waals surface area contributed by atoms with Crippen LogP contribution in [0, 0.1) is 5.92 Å². The van der Waals surface area contributed by atoms with Gasteiger partial charge in [0.1, 0.15) is 5.38 Å². The van der Waals surface area contributed by atoms with Crippen molar-refractivity contribution in [1.82, 2.24) is 0 Å². The smallest absolute Gasteiger partial charge is 0.157 e. The highest BCUT2D eigenvalue weighted by Crippen LogP contribution is 2.23. The second kappa shape index (κ2) is 4.43. The molecule has 0 amide bonds. The average Bonchev–Trinajstić information content (AvgIpc) is 2.17. The molecular weight excluding hydrogens is 184 g/mol. The Hall–Kier alpha value is -0.820. The molecule has 0 bridgehead atoms. The summed E-state index contributed by atoms with van der Waals surface area (Å²) >= 11 is 6.00. The van der Waals surface area contributed by atoms with E-state index >= 15 is 0 Å². The van der Waals surface area contributed by atoms with Gasteiger partial charge in [-0.2, -0.15) is 0 Å². The molecule has 1 unspecified atom stereocenters. The third kappa shape index (κ3) is 2.56. The minimum atomic E-state index is -0.499. The number of halogens is 1. The highest BCUT2D eigenvalue weighted by Gasteiger charge is 2.19. The summed E-state index contributed by atoms with van der Waals surface area (Å²) in [4.78, 5) is 11.5. The Labute approximate surface area is 83.7 Å². The summed E-state index contributed by atoms with van der Waals surface area (Å²) < 4.78 is 0. The number of ketones is 1. The fraction of sp³-hybridized carbons (Fsp3) is 0.364. The quantitative estimate of drug-likeness (QED) is 0.679. The highest BCUT2D eigenvalue weighted by molar-refractivity contribution is 6.31. The first-order valence-electron chi connectivity index (χ1n) is 4.35. The molecule has 0 N–H and O–H groups in total. The lowest BCUT2D eigenvalue weighted by molar-refractivity contribution is -0.121. The molecule has 2 heteroatoms. The zero-order valence-corrected chi connectivity index (χ0v) is 8.58. The van der Waals surface area contributed by atoms with Crippen LogP contribution in [0.15, 0.2) is 30.3 Å². The number of carbonyl (C=O) groups excluding carboxylic acids is 1. The van der Waals surface area contributed by atoms with Crippen molar-refractivity contribution in [2.45, 2.75) is 19.2 Å². The van der Waals surface area contributed by atoms with Gasteiger partial charge >= 0.3 is 0 Å². The first-order valence-corrected chi connectivity index (χ1v) is 4.79. The van der Waals surface area contributed by atoms with E-state index in [0.29, 0.717) is 0 Å². The van der Waals surface area contributed by atoms with E-state index in [1.807, 2.05) is 44.2 Å². The molecule has 0 aromatic heterocycles. The van der Waals surface area contributed by atoms with Crippen molar-refractivity contribution in [2.24, 2.45) is 5.92 Å². The Morgan fingerprint density at radius 2 is 1.77 bits per heavy atom. The number of Topliss-reactive ketones (excluding diaryl/α,β-unsaturated/α-hetero) is 1. The van der Waals surface area contributed by atoms with Crippen LogP contribution in [0.4, 0.5) is 0 Å². The third-order valence-corrected chi connectivity index (χ3v) is 2.38. The lowest BCUT2D eigenvalue weighted by Crippen LogP contribution is -2.13. The molecule has 0 aliphatic heterocycles. The van der Waals surface area contributed by atoms with Gasteiger partial charge in [-0.25, -0.2) is 0 Å². The maximum Gasteiger partial charge on any atom is 0.157 e. The van der Waals surface area contributed by atoms with Crippen molar-refractivity contribution in [1.29, 1.82) is 0 Å². The molecule has 1 aromatic carbocycles. The molecule has 70 valence electrons. The van der Waals surface area contributed by atoms with E-state index in [4.69, 9.17) is 11.6 Å². The Balaban J connectivity index is 2.80. The number of benzene rings is 1. The predicted octanol–water partition coefficient (Wildman–Crippen LogP) is 3.19. The summed E-state index contributed by atoms with van der Waals surface area (Å²) in [5.74, 6) is 0.0653. The van der Waals surface area contributed by atoms with Gasteiger partial charge < -0.3 is 0 Å². The van der Waals surface area contributed by atoms with Crippen LogP contribution in [0.2, 0.25) is 0 Å². The Morgan fingerprint density at radius 1 is 1.23 bits per heavy atom. The topological polar surface area (TPSA) is 17.1 Å². The minimum absolute atomic E-state index is 0.0114. The Bertz CT molecular complexity index is 279. The highest BCUT2D eigenvalue weighted by atomic mass is 35.5. The summed E-state index contributed by atoms with van der Waals surface area (Å²) in [6, 6.07) is 9.43. The van der Waals surface area contributed by atoms with Gasteiger partial charge in [-0.15, -0.1) is 11.6 Å². The summed E-state index contributed by atoms with van der Waals surface area (Å²) in [7, 11) is 0. The van der Waals surface area contributed by atoms with Crippen LogP contribution < -0.4 is 0 Å². The van der Waals surface area contributed by atoms with E-state index in [1.165, 1.54) is 0 Å². The molecule has 0 radical (unpaired) electrons. The van der Waals surface area contributed by atoms with Gasteiger partial charge in [0.2, 0.25) is 0 Å². The molecule has 1 nitrogen and oxygen atoms in total. The van der Waals surface area contributed by atoms with Gasteiger partial charge in [-0.05, 0) is 5.56 Å². The summed E-state index contributed by atoms with van der Waals surface area (Å²) in [5, 5.41) is -0.499. The number of hydrogen-bond acceptors (Lipinski definition) is 1. The van der Waals surface area contributed by atoms with Crippen LogP contribution >= 0.6 is 11.6 Å². The van der Waals surface area contributed by atoms with Crippen LogP contribution in [-0.4, -0.2) is 5.78 Å². The number of alkyl halides is 1. The predicted molar refractivity (Wildman–Crippen MR) is 54.9 cm³/mol. The first-order chi connectivity index (χ1) is 6.13. The molecule has 1 rings (SSSR count). The van der Waals surface area contributed by atoms with Gasteiger partial charge in [0.05, 0.1) is 0 Å². The van der Waals surface area contributed by atoms with Crippen LogP contribution in [0.1, 0.15) is 24.8 Å². The molecule has 0 spiro atoms. The first kappa shape index (κ1) is 10.3. The second-order valence-electron chi connectivity index (χ2n) is 3.33. The number of hydrogen-bond donors (Lipinski definition) is 0. The van der Waals surface area contributed by atoms with Crippen LogP contribution in [0.25, 0.3) is 0 Å². The lowest BCUT2D eigenvalue weighted by atomic mass is 10.0. The largest absolute Gasteiger partial charge is 0.297 e. The molecule has 0 aliphatic carbocycles. The fourth-order valence-corrected chi connectivity index (χ4v) is 1.48. The van der Waals surface area contributed by atoms with Crippen LogP contribution in [0.5, 0.6) is 0 Å². The maximum atomic E-state index is 11.5. The third-order valence-electron chi connectivity index (χ3n) is 1.91. The van der Waals surface area contributed by atoms with Gasteiger partial charge in [-0.1, -0.05) is 44.2 Å². The molecule has 0 aliphatic rings. The number of carbonyl (C=O) groups is 1. The van der Waals surface area contributed by atoms with E-state index in [9.17, 15) is 4.79 Å². The molecule has 0 heterocycles. The van der Waals surface area contributed by atoms with E-state index < -0.39 is 5.38 Å². The lowest BCUT2D eigenvalue weighted by Gasteiger charge is -2.10. The zero-order valence-electron chi connectivity index (χ0n) is 7.83. The Kier molecular flexibility index (Phi) is 3.49. The number of rotatable bonds is 3.